The maximum Gasteiger partial charge on any atom is 0.481 e. The summed E-state index contributed by atoms with van der Waals surface area (Å²) in [7, 11) is -16.4. The number of aliphatic hydroxyl groups is 4. The Morgan fingerprint density at radius 3 is 2.34 bits per heavy atom. The Labute approximate surface area is 324 Å². The number of imidazole rings is 1. The lowest BCUT2D eigenvalue weighted by molar-refractivity contribution is -0.137. The Morgan fingerprint density at radius 1 is 1.04 bits per heavy atom. The summed E-state index contributed by atoms with van der Waals surface area (Å²) in [6.07, 6.45) is -7.45. The molecule has 0 saturated carbocycles. The molecule has 0 aliphatic carbocycles. The molecule has 2 aromatic rings. The monoisotopic (exact) mass is 883 g/mol. The number of amides is 2. The van der Waals surface area contributed by atoms with E-state index in [-0.39, 0.29) is 42.4 Å². The van der Waals surface area contributed by atoms with Gasteiger partial charge < -0.3 is 61.1 Å². The number of ether oxygens (including phenoxy) is 1. The van der Waals surface area contributed by atoms with Crippen molar-refractivity contribution in [2.75, 3.05) is 37.8 Å². The molecule has 3 unspecified atom stereocenters. The number of nitrogens with zero attached hydrogens (tertiary/aromatic N) is 4. The summed E-state index contributed by atoms with van der Waals surface area (Å²) in [5, 5.41) is 46.2. The zero-order valence-electron chi connectivity index (χ0n) is 30.5. The van der Waals surface area contributed by atoms with E-state index in [9.17, 15) is 63.3 Å². The number of aromatic nitrogens is 4. The van der Waals surface area contributed by atoms with Crippen molar-refractivity contribution in [1.29, 1.82) is 0 Å². The van der Waals surface area contributed by atoms with Gasteiger partial charge in [-0.1, -0.05) is 27.7 Å². The van der Waals surface area contributed by atoms with E-state index in [1.807, 2.05) is 13.8 Å². The van der Waals surface area contributed by atoms with Crippen LogP contribution in [0.4, 0.5) is 5.82 Å². The highest BCUT2D eigenvalue weighted by Gasteiger charge is 2.50. The zero-order valence-corrected chi connectivity index (χ0v) is 34.0. The van der Waals surface area contributed by atoms with Gasteiger partial charge in [0.2, 0.25) is 11.8 Å². The van der Waals surface area contributed by atoms with E-state index in [1.54, 1.807) is 0 Å². The third kappa shape index (κ3) is 14.6. The molecule has 29 heteroatoms. The quantitative estimate of drug-likeness (QED) is 0.0357. The second-order valence-corrected chi connectivity index (χ2v) is 19.0. The van der Waals surface area contributed by atoms with Crippen molar-refractivity contribution in [3.63, 3.8) is 0 Å². The van der Waals surface area contributed by atoms with Crippen LogP contribution in [-0.2, 0) is 45.9 Å². The van der Waals surface area contributed by atoms with Crippen molar-refractivity contribution in [3.8, 4) is 0 Å². The smallest absolute Gasteiger partial charge is 0.390 e. The van der Waals surface area contributed by atoms with Crippen molar-refractivity contribution in [2.45, 2.75) is 82.7 Å². The lowest BCUT2D eigenvalue weighted by Crippen LogP contribution is -2.46. The summed E-state index contributed by atoms with van der Waals surface area (Å²) in [6, 6.07) is 0. The average Bonchev–Trinajstić information content (AvgIpc) is 3.64. The van der Waals surface area contributed by atoms with Crippen LogP contribution in [0.25, 0.3) is 11.2 Å². The van der Waals surface area contributed by atoms with Crippen molar-refractivity contribution in [1.82, 2.24) is 30.2 Å². The second kappa shape index (κ2) is 20.2. The number of aliphatic hydroxyl groups excluding tert-OH is 4. The molecular weight excluding hydrogens is 835 g/mol. The van der Waals surface area contributed by atoms with E-state index >= 15 is 0 Å². The first-order valence-corrected chi connectivity index (χ1v) is 22.3. The van der Waals surface area contributed by atoms with Gasteiger partial charge in [0, 0.05) is 30.7 Å². The SMILES string of the molecule is CC(C)C[C@@H](O)C(O)SCCNC(=O)CCNC(=O)[C@H](O)C(C)(C)COP(=O)(O)OP(=O)(O)OC[C@H]1O[C@@H](n2cnc3c(N)ncnc32)[C@H](O)[C@@H]1OP(=O)(O)O. The van der Waals surface area contributed by atoms with Gasteiger partial charge in [0.15, 0.2) is 17.7 Å². The number of phosphoric ester groups is 3. The zero-order chi connectivity index (χ0) is 42.2. The van der Waals surface area contributed by atoms with Gasteiger partial charge in [-0.25, -0.2) is 28.6 Å². The third-order valence-electron chi connectivity index (χ3n) is 7.83. The van der Waals surface area contributed by atoms with Gasteiger partial charge in [0.25, 0.3) is 0 Å². The molecule has 2 aromatic heterocycles. The minimum Gasteiger partial charge on any atom is -0.390 e. The van der Waals surface area contributed by atoms with Gasteiger partial charge in [-0.3, -0.25) is 27.7 Å². The molecule has 9 atom stereocenters. The molecule has 2 amide bonds. The summed E-state index contributed by atoms with van der Waals surface area (Å²) in [4.78, 5) is 75.6. The minimum absolute atomic E-state index is 0.0277. The first-order valence-electron chi connectivity index (χ1n) is 16.7. The largest absolute Gasteiger partial charge is 0.481 e. The predicted molar refractivity (Wildman–Crippen MR) is 194 cm³/mol. The first-order chi connectivity index (χ1) is 25.8. The Balaban J connectivity index is 1.48. The first kappa shape index (κ1) is 48.2. The van der Waals surface area contributed by atoms with Crippen LogP contribution in [0.3, 0.4) is 0 Å². The van der Waals surface area contributed by atoms with Crippen LogP contribution in [0.1, 0.15) is 46.8 Å². The summed E-state index contributed by atoms with van der Waals surface area (Å²) >= 11 is 1.06. The Kier molecular flexibility index (Phi) is 17.4. The third-order valence-corrected chi connectivity index (χ3v) is 12.0. The molecule has 0 radical (unpaired) electrons. The Bertz CT molecular complexity index is 1790. The number of nitrogens with two attached hydrogens (primary N) is 1. The highest BCUT2D eigenvalue weighted by molar-refractivity contribution is 7.99. The van der Waals surface area contributed by atoms with Crippen LogP contribution in [0.15, 0.2) is 12.7 Å². The van der Waals surface area contributed by atoms with E-state index in [4.69, 9.17) is 19.5 Å². The predicted octanol–water partition coefficient (Wildman–Crippen LogP) is -1.14. The number of fused-ring (bicyclic) bond motifs is 1. The van der Waals surface area contributed by atoms with Crippen molar-refractivity contribution in [2.24, 2.45) is 11.3 Å². The average molecular weight is 884 g/mol. The molecule has 0 spiro atoms. The number of hydrogen-bond acceptors (Lipinski definition) is 19. The van der Waals surface area contributed by atoms with Crippen molar-refractivity contribution < 1.29 is 85.9 Å². The minimum atomic E-state index is -5.57. The van der Waals surface area contributed by atoms with E-state index in [0.29, 0.717) is 12.2 Å². The van der Waals surface area contributed by atoms with Crippen LogP contribution >= 0.6 is 35.2 Å². The molecule has 1 saturated heterocycles. The number of rotatable bonds is 23. The summed E-state index contributed by atoms with van der Waals surface area (Å²) in [5.74, 6) is -0.990. The number of nitrogens with one attached hydrogen (secondary N) is 2. The fourth-order valence-electron chi connectivity index (χ4n) is 5.02. The van der Waals surface area contributed by atoms with E-state index in [1.165, 1.54) is 13.8 Å². The van der Waals surface area contributed by atoms with Crippen LogP contribution in [0, 0.1) is 11.3 Å². The molecule has 3 rings (SSSR count). The number of thioether (sulfide) groups is 1. The molecule has 0 aromatic carbocycles. The molecule has 3 heterocycles. The maximum atomic E-state index is 12.7. The standard InChI is InChI=1S/C27H48N7O18P3S/c1-14(2)9-15(35)26(40)56-8-7-29-17(36)5-6-30-24(39)21(38)27(3,4)11-49-55(46,47)52-54(44,45)48-10-16-20(51-53(41,42)43)19(37)25(50-16)34-13-33-18-22(28)31-12-32-23(18)34/h12-16,19-21,25-26,35,37-38,40H,5-11H2,1-4H3,(H,29,36)(H,30,39)(H,44,45)(H,46,47)(H2,28,31,32)(H2,41,42,43)/t15-,16-,19-,20-,21+,25-,26?/m1/s1. The van der Waals surface area contributed by atoms with E-state index in [0.717, 1.165) is 29.0 Å². The van der Waals surface area contributed by atoms with Gasteiger partial charge in [0.1, 0.15) is 41.7 Å². The maximum absolute atomic E-state index is 12.7. The summed E-state index contributed by atoms with van der Waals surface area (Å²) < 4.78 is 62.1. The molecule has 56 heavy (non-hydrogen) atoms. The fraction of sp³-hybridized carbons (Fsp3) is 0.741. The summed E-state index contributed by atoms with van der Waals surface area (Å²) in [6.45, 7) is 4.23. The number of phosphoric acid groups is 3. The lowest BCUT2D eigenvalue weighted by atomic mass is 9.87. The van der Waals surface area contributed by atoms with Gasteiger partial charge in [-0.05, 0) is 12.3 Å². The van der Waals surface area contributed by atoms with Crippen LogP contribution in [-0.4, -0.2) is 139 Å². The molecule has 1 aliphatic heterocycles. The number of anilines is 1. The number of carbonyl (C=O) groups excluding carboxylic acids is 2. The van der Waals surface area contributed by atoms with Crippen molar-refractivity contribution in [3.05, 3.63) is 12.7 Å². The van der Waals surface area contributed by atoms with Gasteiger partial charge in [-0.15, -0.1) is 11.8 Å². The molecular formula is C27H48N7O18P3S. The van der Waals surface area contributed by atoms with Crippen molar-refractivity contribution >= 4 is 64.0 Å². The molecule has 12 N–H and O–H groups in total. The lowest BCUT2D eigenvalue weighted by Gasteiger charge is -2.30. The van der Waals surface area contributed by atoms with Crippen LogP contribution < -0.4 is 16.4 Å². The molecule has 1 aliphatic rings. The summed E-state index contributed by atoms with van der Waals surface area (Å²) in [5.41, 5.74) is 3.23. The van der Waals surface area contributed by atoms with Crippen LogP contribution in [0.2, 0.25) is 0 Å². The van der Waals surface area contributed by atoms with Gasteiger partial charge in [-0.2, -0.15) is 4.31 Å². The van der Waals surface area contributed by atoms with E-state index < -0.39 is 96.1 Å². The molecule has 320 valence electrons. The highest BCUT2D eigenvalue weighted by atomic mass is 32.2. The number of hydrogen-bond donors (Lipinski definition) is 11. The number of nitrogen functional groups attached to an aromatic ring is 1. The Hall–Kier alpha value is -2.19. The topological polar surface area (TPSA) is 387 Å². The molecule has 1 fully saturated rings. The highest BCUT2D eigenvalue weighted by Crippen LogP contribution is 2.61. The van der Waals surface area contributed by atoms with Gasteiger partial charge in [0.05, 0.1) is 25.6 Å². The number of carbonyl (C=O) groups is 2. The normalized spacial score (nSPS) is 23.0. The fourth-order valence-corrected chi connectivity index (χ4v) is 8.64. The van der Waals surface area contributed by atoms with Gasteiger partial charge >= 0.3 is 23.5 Å². The molecule has 0 bridgehead atoms. The molecule has 25 nitrogen and oxygen atoms in total. The van der Waals surface area contributed by atoms with Crippen LogP contribution in [0.5, 0.6) is 0 Å². The Morgan fingerprint density at radius 2 is 1.70 bits per heavy atom. The van der Waals surface area contributed by atoms with E-state index in [2.05, 4.69) is 34.4 Å². The second-order valence-electron chi connectivity index (χ2n) is 13.5.